The maximum atomic E-state index is 10.9. The molecule has 27 heavy (non-hydrogen) atoms. The molecule has 1 aliphatic heterocycles. The van der Waals surface area contributed by atoms with Crippen LogP contribution in [0.3, 0.4) is 0 Å². The van der Waals surface area contributed by atoms with Crippen molar-refractivity contribution in [2.24, 2.45) is 0 Å². The standard InChI is InChI=1S/C18H20Cl2N4O2S/c1-2-14-21-18-24(22-14)17(26)16(27-18)15(23-7-5-11(25)6-8-23)10-3-4-12(19)13(20)9-10/h3-4,9,11,15,25-26H,2,5-8H2,1H3. The van der Waals surface area contributed by atoms with Crippen molar-refractivity contribution in [2.45, 2.75) is 38.3 Å². The first-order valence-corrected chi connectivity index (χ1v) is 10.5. The summed E-state index contributed by atoms with van der Waals surface area (Å²) < 4.78 is 1.50. The smallest absolute Gasteiger partial charge is 0.230 e. The van der Waals surface area contributed by atoms with Gasteiger partial charge in [-0.25, -0.2) is 4.98 Å². The quantitative estimate of drug-likeness (QED) is 0.661. The molecule has 0 amide bonds. The summed E-state index contributed by atoms with van der Waals surface area (Å²) in [5.74, 6) is 0.805. The molecule has 3 aromatic rings. The molecule has 6 nitrogen and oxygen atoms in total. The highest BCUT2D eigenvalue weighted by atomic mass is 35.5. The highest BCUT2D eigenvalue weighted by Crippen LogP contribution is 2.42. The van der Waals surface area contributed by atoms with Gasteiger partial charge in [-0.3, -0.25) is 4.90 Å². The van der Waals surface area contributed by atoms with Crippen LogP contribution in [-0.2, 0) is 6.42 Å². The van der Waals surface area contributed by atoms with Crippen LogP contribution < -0.4 is 0 Å². The summed E-state index contributed by atoms with van der Waals surface area (Å²) in [5.41, 5.74) is 0.941. The average Bonchev–Trinajstić information content (AvgIpc) is 3.19. The van der Waals surface area contributed by atoms with Crippen molar-refractivity contribution in [3.05, 3.63) is 44.5 Å². The Balaban J connectivity index is 1.80. The number of benzene rings is 1. The fraction of sp³-hybridized carbons (Fsp3) is 0.444. The van der Waals surface area contributed by atoms with Crippen LogP contribution in [-0.4, -0.2) is 48.9 Å². The zero-order chi connectivity index (χ0) is 19.1. The maximum absolute atomic E-state index is 10.9. The third kappa shape index (κ3) is 3.54. The summed E-state index contributed by atoms with van der Waals surface area (Å²) in [6.07, 6.45) is 1.82. The third-order valence-corrected chi connectivity index (χ3v) is 6.74. The van der Waals surface area contributed by atoms with E-state index < -0.39 is 0 Å². The minimum Gasteiger partial charge on any atom is -0.492 e. The first-order chi connectivity index (χ1) is 13.0. The molecular formula is C18H20Cl2N4O2S. The van der Waals surface area contributed by atoms with Gasteiger partial charge in [0.1, 0.15) is 0 Å². The van der Waals surface area contributed by atoms with Gasteiger partial charge in [0.25, 0.3) is 0 Å². The number of likely N-dealkylation sites (tertiary alicyclic amines) is 1. The normalized spacial score (nSPS) is 17.6. The molecule has 4 rings (SSSR count). The molecule has 0 saturated carbocycles. The summed E-state index contributed by atoms with van der Waals surface area (Å²) in [7, 11) is 0. The molecule has 3 heterocycles. The van der Waals surface area contributed by atoms with Crippen molar-refractivity contribution < 1.29 is 10.2 Å². The van der Waals surface area contributed by atoms with Crippen LogP contribution >= 0.6 is 34.5 Å². The number of aromatic nitrogens is 3. The Morgan fingerprint density at radius 1 is 1.26 bits per heavy atom. The number of fused-ring (bicyclic) bond motifs is 1. The second kappa shape index (κ2) is 7.56. The van der Waals surface area contributed by atoms with E-state index in [1.165, 1.54) is 15.9 Å². The zero-order valence-corrected chi connectivity index (χ0v) is 17.1. The van der Waals surface area contributed by atoms with Gasteiger partial charge in [0.05, 0.1) is 27.1 Å². The van der Waals surface area contributed by atoms with E-state index in [1.807, 2.05) is 19.1 Å². The number of thiazole rings is 1. The Labute approximate surface area is 171 Å². The van der Waals surface area contributed by atoms with Crippen LogP contribution in [0.5, 0.6) is 5.88 Å². The van der Waals surface area contributed by atoms with Gasteiger partial charge in [0.15, 0.2) is 5.82 Å². The SMILES string of the molecule is CCc1nc2sc(C(c3ccc(Cl)c(Cl)c3)N3CCC(O)CC3)c(O)n2n1. The number of halogens is 2. The van der Waals surface area contributed by atoms with Gasteiger partial charge in [0.2, 0.25) is 10.8 Å². The Kier molecular flexibility index (Phi) is 5.31. The fourth-order valence-corrected chi connectivity index (χ4v) is 4.92. The number of hydrogen-bond acceptors (Lipinski definition) is 6. The Bertz CT molecular complexity index is 966. The van der Waals surface area contributed by atoms with E-state index in [1.54, 1.807) is 6.07 Å². The van der Waals surface area contributed by atoms with Crippen LogP contribution in [0.25, 0.3) is 4.96 Å². The molecule has 1 aliphatic rings. The number of nitrogens with zero attached hydrogens (tertiary/aromatic N) is 4. The van der Waals surface area contributed by atoms with Crippen LogP contribution in [0.2, 0.25) is 10.0 Å². The average molecular weight is 427 g/mol. The van der Waals surface area contributed by atoms with E-state index in [0.717, 1.165) is 23.5 Å². The monoisotopic (exact) mass is 426 g/mol. The molecule has 9 heteroatoms. The summed E-state index contributed by atoms with van der Waals surface area (Å²) in [4.78, 5) is 8.16. The number of piperidine rings is 1. The van der Waals surface area contributed by atoms with Gasteiger partial charge in [-0.2, -0.15) is 4.52 Å². The van der Waals surface area contributed by atoms with Crippen LogP contribution in [0.1, 0.15) is 42.1 Å². The van der Waals surface area contributed by atoms with E-state index in [4.69, 9.17) is 23.2 Å². The maximum Gasteiger partial charge on any atom is 0.230 e. The molecule has 1 aromatic carbocycles. The number of aliphatic hydroxyl groups is 1. The van der Waals surface area contributed by atoms with Crippen LogP contribution in [0, 0.1) is 0 Å². The Morgan fingerprint density at radius 2 is 2.00 bits per heavy atom. The number of hydrogen-bond donors (Lipinski definition) is 2. The molecule has 0 radical (unpaired) electrons. The predicted octanol–water partition coefficient (Wildman–Crippen LogP) is 3.91. The third-order valence-electron chi connectivity index (χ3n) is 4.93. The fourth-order valence-electron chi connectivity index (χ4n) is 3.47. The van der Waals surface area contributed by atoms with Gasteiger partial charge in [0, 0.05) is 19.5 Å². The van der Waals surface area contributed by atoms with E-state index in [2.05, 4.69) is 15.0 Å². The lowest BCUT2D eigenvalue weighted by Crippen LogP contribution is -2.38. The van der Waals surface area contributed by atoms with Crippen LogP contribution in [0.4, 0.5) is 0 Å². The highest BCUT2D eigenvalue weighted by Gasteiger charge is 2.32. The van der Waals surface area contributed by atoms with Crippen molar-refractivity contribution >= 4 is 39.5 Å². The molecule has 1 fully saturated rings. The molecule has 0 spiro atoms. The first kappa shape index (κ1) is 19.0. The van der Waals surface area contributed by atoms with Gasteiger partial charge < -0.3 is 10.2 Å². The number of rotatable bonds is 4. The lowest BCUT2D eigenvalue weighted by atomic mass is 9.99. The predicted molar refractivity (Wildman–Crippen MR) is 107 cm³/mol. The van der Waals surface area contributed by atoms with Crippen molar-refractivity contribution in [2.75, 3.05) is 13.1 Å². The molecule has 1 unspecified atom stereocenters. The van der Waals surface area contributed by atoms with Gasteiger partial charge in [-0.15, -0.1) is 5.10 Å². The lowest BCUT2D eigenvalue weighted by molar-refractivity contribution is 0.0689. The summed E-state index contributed by atoms with van der Waals surface area (Å²) in [5, 5.41) is 26.1. The molecular weight excluding hydrogens is 407 g/mol. The zero-order valence-electron chi connectivity index (χ0n) is 14.8. The summed E-state index contributed by atoms with van der Waals surface area (Å²) >= 11 is 13.8. The van der Waals surface area contributed by atoms with E-state index in [0.29, 0.717) is 40.1 Å². The van der Waals surface area contributed by atoms with Crippen molar-refractivity contribution in [1.82, 2.24) is 19.5 Å². The van der Waals surface area contributed by atoms with Crippen molar-refractivity contribution in [3.8, 4) is 5.88 Å². The topological polar surface area (TPSA) is 73.9 Å². The number of aliphatic hydroxyl groups excluding tert-OH is 1. The molecule has 1 saturated heterocycles. The first-order valence-electron chi connectivity index (χ1n) is 8.92. The molecule has 2 N–H and O–H groups in total. The minimum absolute atomic E-state index is 0.101. The molecule has 1 atom stereocenters. The second-order valence-corrected chi connectivity index (χ2v) is 8.53. The molecule has 144 valence electrons. The van der Waals surface area contributed by atoms with Crippen LogP contribution in [0.15, 0.2) is 18.2 Å². The second-order valence-electron chi connectivity index (χ2n) is 6.71. The van der Waals surface area contributed by atoms with E-state index >= 15 is 0 Å². The van der Waals surface area contributed by atoms with E-state index in [-0.39, 0.29) is 18.0 Å². The van der Waals surface area contributed by atoms with Crippen molar-refractivity contribution in [1.29, 1.82) is 0 Å². The van der Waals surface area contributed by atoms with Gasteiger partial charge in [-0.05, 0) is 30.5 Å². The van der Waals surface area contributed by atoms with Gasteiger partial charge in [-0.1, -0.05) is 47.5 Å². The molecule has 0 bridgehead atoms. The molecule has 0 aliphatic carbocycles. The number of aromatic hydroxyl groups is 1. The lowest BCUT2D eigenvalue weighted by Gasteiger charge is -2.36. The largest absolute Gasteiger partial charge is 0.492 e. The molecule has 2 aromatic heterocycles. The summed E-state index contributed by atoms with van der Waals surface area (Å²) in [6, 6.07) is 5.34. The number of aryl methyl sites for hydroxylation is 1. The highest BCUT2D eigenvalue weighted by molar-refractivity contribution is 7.17. The van der Waals surface area contributed by atoms with E-state index in [9.17, 15) is 10.2 Å². The summed E-state index contributed by atoms with van der Waals surface area (Å²) in [6.45, 7) is 3.42. The Morgan fingerprint density at radius 3 is 2.63 bits per heavy atom. The van der Waals surface area contributed by atoms with Crippen molar-refractivity contribution in [3.63, 3.8) is 0 Å². The Hall–Kier alpha value is -1.38. The van der Waals surface area contributed by atoms with Gasteiger partial charge >= 0.3 is 0 Å². The minimum atomic E-state index is -0.279.